The number of phosphoric ester groups is 1. The zero-order valence-corrected chi connectivity index (χ0v) is 34.6. The van der Waals surface area contributed by atoms with Crippen molar-refractivity contribution in [3.8, 4) is 22.3 Å². The van der Waals surface area contributed by atoms with Crippen LogP contribution in [0.5, 0.6) is 0 Å². The van der Waals surface area contributed by atoms with Crippen molar-refractivity contribution in [1.82, 2.24) is 0 Å². The minimum Gasteiger partial charge on any atom is -0.402 e. The van der Waals surface area contributed by atoms with E-state index in [1.165, 1.54) is 0 Å². The second kappa shape index (κ2) is 16.2. The Kier molecular flexibility index (Phi) is 11.2. The molecule has 6 aromatic carbocycles. The molecule has 0 N–H and O–H groups in total. The molecule has 2 aliphatic rings. The first-order valence-corrected chi connectivity index (χ1v) is 22.9. The van der Waals surface area contributed by atoms with Crippen LogP contribution in [0.4, 0.5) is 0 Å². The Balaban J connectivity index is 1.04. The van der Waals surface area contributed by atoms with Crippen LogP contribution >= 0.6 is 19.4 Å². The number of hydrogen-bond donors (Lipinski definition) is 0. The molecule has 0 bridgehead atoms. The van der Waals surface area contributed by atoms with Gasteiger partial charge in [-0.25, -0.2) is 4.57 Å². The highest BCUT2D eigenvalue weighted by molar-refractivity contribution is 7.48. The van der Waals surface area contributed by atoms with Gasteiger partial charge in [0.05, 0.1) is 26.4 Å². The lowest BCUT2D eigenvalue weighted by molar-refractivity contribution is 0.117. The summed E-state index contributed by atoms with van der Waals surface area (Å²) >= 11 is 6.93. The summed E-state index contributed by atoms with van der Waals surface area (Å²) in [6.45, 7) is 7.01. The van der Waals surface area contributed by atoms with Gasteiger partial charge in [-0.2, -0.15) is 0 Å². The fourth-order valence-electron chi connectivity index (χ4n) is 8.54. The fourth-order valence-corrected chi connectivity index (χ4v) is 14.4. The maximum Gasteiger partial charge on any atom is 0.475 e. The topological polar surface area (TPSA) is 54.0 Å². The van der Waals surface area contributed by atoms with Crippen molar-refractivity contribution in [3.05, 3.63) is 191 Å². The molecule has 8 heteroatoms. The van der Waals surface area contributed by atoms with Crippen LogP contribution in [0, 0.1) is 0 Å². The summed E-state index contributed by atoms with van der Waals surface area (Å²) in [6.07, 6.45) is 1.71. The fraction of sp³-hybridized carbons (Fsp3) is 0.208. The van der Waals surface area contributed by atoms with E-state index >= 15 is 0 Å². The molecular weight excluding hydrogens is 751 g/mol. The van der Waals surface area contributed by atoms with Crippen LogP contribution in [0.15, 0.2) is 169 Å². The summed E-state index contributed by atoms with van der Waals surface area (Å²) in [7, 11) is -6.97. The molecule has 0 atom stereocenters. The summed E-state index contributed by atoms with van der Waals surface area (Å²) in [6, 6.07) is 54.1. The van der Waals surface area contributed by atoms with E-state index in [-0.39, 0.29) is 43.3 Å². The number of halogens is 1. The summed E-state index contributed by atoms with van der Waals surface area (Å²) < 4.78 is 40.7. The Morgan fingerprint density at radius 2 is 0.929 bits per heavy atom. The molecule has 0 spiro atoms. The molecule has 0 saturated carbocycles. The molecule has 0 aromatic heterocycles. The number of hydrogen-bond acceptors (Lipinski definition) is 5. The molecule has 0 fully saturated rings. The van der Waals surface area contributed by atoms with Crippen LogP contribution < -0.4 is 10.4 Å². The van der Waals surface area contributed by atoms with E-state index in [9.17, 15) is 4.57 Å². The molecular formula is C48H46ClO5PSi. The normalized spacial score (nSPS) is 14.3. The number of phosphoric acid groups is 1. The third kappa shape index (κ3) is 7.44. The summed E-state index contributed by atoms with van der Waals surface area (Å²) in [5, 5.41) is 2.56. The van der Waals surface area contributed by atoms with Crippen molar-refractivity contribution in [3.63, 3.8) is 0 Å². The Morgan fingerprint density at radius 1 is 0.571 bits per heavy atom. The minimum absolute atomic E-state index is 0.0874. The van der Waals surface area contributed by atoms with Gasteiger partial charge in [0, 0.05) is 16.9 Å². The van der Waals surface area contributed by atoms with Gasteiger partial charge in [0.15, 0.2) is 0 Å². The number of fused-ring (bicyclic) bond motifs is 6. The largest absolute Gasteiger partial charge is 0.475 e. The number of rotatable bonds is 14. The quantitative estimate of drug-likeness (QED) is 0.0812. The van der Waals surface area contributed by atoms with Gasteiger partial charge in [-0.15, -0.1) is 0 Å². The molecule has 0 saturated heterocycles. The smallest absolute Gasteiger partial charge is 0.402 e. The molecule has 0 heterocycles. The molecule has 0 radical (unpaired) electrons. The van der Waals surface area contributed by atoms with Crippen LogP contribution in [0.2, 0.25) is 5.04 Å². The van der Waals surface area contributed by atoms with Crippen LogP contribution in [0.25, 0.3) is 22.3 Å². The number of benzene rings is 6. The molecule has 56 heavy (non-hydrogen) atoms. The molecule has 8 rings (SSSR count). The second-order valence-corrected chi connectivity index (χ2v) is 21.9. The Labute approximate surface area is 336 Å². The SMILES string of the molecule is CC(C)(C)[Si](OCC(Cl)=CCOP(=O)(OCC1c2ccccc2-c2ccccc21)OCC1c2ccccc2-c2ccccc21)(c1ccccc1)c1ccccc1. The van der Waals surface area contributed by atoms with Gasteiger partial charge in [0.2, 0.25) is 0 Å². The monoisotopic (exact) mass is 796 g/mol. The molecule has 6 aromatic rings. The van der Waals surface area contributed by atoms with E-state index in [0.717, 1.165) is 54.9 Å². The molecule has 0 amide bonds. The van der Waals surface area contributed by atoms with Crippen LogP contribution in [0.3, 0.4) is 0 Å². The van der Waals surface area contributed by atoms with Gasteiger partial charge >= 0.3 is 7.82 Å². The van der Waals surface area contributed by atoms with Crippen molar-refractivity contribution in [2.75, 3.05) is 26.4 Å². The zero-order valence-electron chi connectivity index (χ0n) is 31.9. The molecule has 5 nitrogen and oxygen atoms in total. The summed E-state index contributed by atoms with van der Waals surface area (Å²) in [5.41, 5.74) is 9.13. The van der Waals surface area contributed by atoms with Crippen molar-refractivity contribution < 1.29 is 22.6 Å². The predicted octanol–water partition coefficient (Wildman–Crippen LogP) is 11.5. The second-order valence-electron chi connectivity index (χ2n) is 15.4. The standard InChI is InChI=1S/C48H46ClO5PSi/c1-48(2,3)56(36-18-6-4-7-19-36,37-20-8-5-9-21-37)54-32-35(49)30-31-51-55(50,52-33-46-42-26-14-10-22-38(42)39-23-11-15-27-43(39)46)53-34-47-44-28-16-12-24-40(44)41-25-13-17-29-45(41)47/h4-30,46-47H,31-34H2,1-3H3. The van der Waals surface area contributed by atoms with E-state index in [0.29, 0.717) is 5.03 Å². The van der Waals surface area contributed by atoms with E-state index in [4.69, 9.17) is 29.6 Å². The van der Waals surface area contributed by atoms with Crippen molar-refractivity contribution in [2.24, 2.45) is 0 Å². The van der Waals surface area contributed by atoms with Gasteiger partial charge in [0.25, 0.3) is 8.32 Å². The van der Waals surface area contributed by atoms with Crippen molar-refractivity contribution >= 4 is 38.1 Å². The summed E-state index contributed by atoms with van der Waals surface area (Å²) in [4.78, 5) is 0. The lowest BCUT2D eigenvalue weighted by Crippen LogP contribution is -2.66. The van der Waals surface area contributed by atoms with E-state index in [1.807, 2.05) is 60.7 Å². The van der Waals surface area contributed by atoms with Gasteiger partial charge in [-0.1, -0.05) is 190 Å². The van der Waals surface area contributed by atoms with E-state index in [2.05, 4.69) is 118 Å². The van der Waals surface area contributed by atoms with Crippen molar-refractivity contribution in [2.45, 2.75) is 37.6 Å². The average Bonchev–Trinajstić information content (AvgIpc) is 3.72. The molecule has 0 unspecified atom stereocenters. The molecule has 2 aliphatic carbocycles. The minimum atomic E-state index is -4.14. The average molecular weight is 797 g/mol. The molecule has 284 valence electrons. The van der Waals surface area contributed by atoms with Gasteiger partial charge < -0.3 is 4.43 Å². The highest BCUT2D eigenvalue weighted by Gasteiger charge is 2.50. The third-order valence-electron chi connectivity index (χ3n) is 11.1. The maximum absolute atomic E-state index is 14.8. The summed E-state index contributed by atoms with van der Waals surface area (Å²) in [5.74, 6) is -0.260. The maximum atomic E-state index is 14.8. The third-order valence-corrected chi connectivity index (χ3v) is 17.7. The van der Waals surface area contributed by atoms with Gasteiger partial charge in [-0.05, 0) is 66.0 Å². The Bertz CT molecular complexity index is 2160. The molecule has 0 aliphatic heterocycles. The highest BCUT2D eigenvalue weighted by atomic mass is 35.5. The van der Waals surface area contributed by atoms with Gasteiger partial charge in [-0.3, -0.25) is 13.6 Å². The van der Waals surface area contributed by atoms with E-state index < -0.39 is 16.1 Å². The van der Waals surface area contributed by atoms with Crippen LogP contribution in [0.1, 0.15) is 54.9 Å². The zero-order chi connectivity index (χ0) is 38.8. The first-order chi connectivity index (χ1) is 27.2. The van der Waals surface area contributed by atoms with Crippen LogP contribution in [-0.2, 0) is 22.6 Å². The van der Waals surface area contributed by atoms with E-state index in [1.54, 1.807) is 6.08 Å². The Hall–Kier alpha value is -4.36. The first kappa shape index (κ1) is 38.5. The van der Waals surface area contributed by atoms with Crippen molar-refractivity contribution in [1.29, 1.82) is 0 Å². The van der Waals surface area contributed by atoms with Gasteiger partial charge in [0.1, 0.15) is 0 Å². The van der Waals surface area contributed by atoms with Crippen LogP contribution in [-0.4, -0.2) is 34.7 Å². The lowest BCUT2D eigenvalue weighted by atomic mass is 9.98. The Morgan fingerprint density at radius 3 is 1.30 bits per heavy atom. The first-order valence-electron chi connectivity index (χ1n) is 19.2. The highest BCUT2D eigenvalue weighted by Crippen LogP contribution is 2.55. The lowest BCUT2D eigenvalue weighted by Gasteiger charge is -2.43. The predicted molar refractivity (Wildman–Crippen MR) is 230 cm³/mol.